The van der Waals surface area contributed by atoms with Gasteiger partial charge in [0, 0.05) is 11.5 Å². The molecule has 1 aliphatic carbocycles. The normalized spacial score (nSPS) is 22.3. The second kappa shape index (κ2) is 18.5. The molecule has 9 heteroatoms. The van der Waals surface area contributed by atoms with Crippen LogP contribution in [0.4, 0.5) is 0 Å². The number of carboxylic acid groups (broad SMARTS) is 1. The molecule has 0 heterocycles. The average molecular weight is 609 g/mol. The highest BCUT2D eigenvalue weighted by atomic mass is 16.6. The Morgan fingerprint density at radius 1 is 0.977 bits per heavy atom. The highest BCUT2D eigenvalue weighted by Gasteiger charge is 2.41. The lowest BCUT2D eigenvalue weighted by Gasteiger charge is -2.25. The molecule has 1 rings (SSSR count). The van der Waals surface area contributed by atoms with E-state index in [4.69, 9.17) is 9.84 Å². The van der Waals surface area contributed by atoms with Gasteiger partial charge in [0.25, 0.3) is 0 Å². The Balaban J connectivity index is 2.83. The van der Waals surface area contributed by atoms with Crippen molar-refractivity contribution in [2.24, 2.45) is 17.3 Å². The summed E-state index contributed by atoms with van der Waals surface area (Å²) in [6, 6.07) is 0. The van der Waals surface area contributed by atoms with Crippen molar-refractivity contribution in [2.45, 2.75) is 137 Å². The number of ether oxygens (including phenoxy) is 1. The molecular formula is C34H56O9. The number of ketones is 1. The Hall–Kier alpha value is -2.33. The third-order valence-corrected chi connectivity index (χ3v) is 8.73. The summed E-state index contributed by atoms with van der Waals surface area (Å²) in [5.74, 6) is -2.79. The Morgan fingerprint density at radius 3 is 2.07 bits per heavy atom. The van der Waals surface area contributed by atoms with E-state index in [-0.39, 0.29) is 23.2 Å². The van der Waals surface area contributed by atoms with Gasteiger partial charge in [0.05, 0.1) is 18.1 Å². The number of hydrogen-bond acceptors (Lipinski definition) is 8. The first kappa shape index (κ1) is 38.7. The van der Waals surface area contributed by atoms with Gasteiger partial charge in [-0.05, 0) is 57.6 Å². The lowest BCUT2D eigenvalue weighted by molar-refractivity contribution is -0.171. The Labute approximate surface area is 257 Å². The van der Waals surface area contributed by atoms with Crippen LogP contribution in [0.1, 0.15) is 113 Å². The number of esters is 1. The predicted octanol–water partition coefficient (Wildman–Crippen LogP) is 5.05. The van der Waals surface area contributed by atoms with Crippen molar-refractivity contribution in [3.8, 4) is 0 Å². The van der Waals surface area contributed by atoms with Crippen molar-refractivity contribution < 1.29 is 44.7 Å². The fourth-order valence-corrected chi connectivity index (χ4v) is 5.91. The van der Waals surface area contributed by atoms with Gasteiger partial charge in [0.2, 0.25) is 0 Å². The van der Waals surface area contributed by atoms with Gasteiger partial charge in [0.1, 0.15) is 6.10 Å². The first-order valence-corrected chi connectivity index (χ1v) is 15.8. The number of rotatable bonds is 20. The van der Waals surface area contributed by atoms with Crippen LogP contribution >= 0.6 is 0 Å². The third-order valence-electron chi connectivity index (χ3n) is 8.73. The molecule has 5 N–H and O–H groups in total. The summed E-state index contributed by atoms with van der Waals surface area (Å²) in [6.45, 7) is 12.2. The monoisotopic (exact) mass is 608 g/mol. The Morgan fingerprint density at radius 2 is 1.53 bits per heavy atom. The molecule has 0 saturated carbocycles. The fourth-order valence-electron chi connectivity index (χ4n) is 5.91. The van der Waals surface area contributed by atoms with Crippen LogP contribution in [-0.2, 0) is 19.1 Å². The van der Waals surface area contributed by atoms with Crippen molar-refractivity contribution >= 4 is 17.7 Å². The van der Waals surface area contributed by atoms with Gasteiger partial charge in [-0.3, -0.25) is 4.79 Å². The fraction of sp³-hybridized carbons (Fsp3) is 0.735. The molecule has 0 fully saturated rings. The molecule has 9 nitrogen and oxygen atoms in total. The lowest BCUT2D eigenvalue weighted by Crippen LogP contribution is -2.46. The molecule has 0 aromatic rings. The maximum atomic E-state index is 13.3. The molecule has 0 aromatic carbocycles. The van der Waals surface area contributed by atoms with Crippen LogP contribution in [0.15, 0.2) is 34.4 Å². The zero-order valence-corrected chi connectivity index (χ0v) is 27.3. The molecule has 0 aliphatic heterocycles. The van der Waals surface area contributed by atoms with Crippen LogP contribution in [-0.4, -0.2) is 74.3 Å². The van der Waals surface area contributed by atoms with Crippen molar-refractivity contribution in [2.75, 3.05) is 6.61 Å². The summed E-state index contributed by atoms with van der Waals surface area (Å²) in [7, 11) is 0. The number of unbranched alkanes of at least 4 members (excludes halogenated alkanes) is 7. The minimum Gasteiger partial charge on any atom is -0.479 e. The van der Waals surface area contributed by atoms with Crippen LogP contribution in [0.5, 0.6) is 0 Å². The maximum Gasteiger partial charge on any atom is 0.335 e. The molecule has 0 radical (unpaired) electrons. The molecule has 0 saturated heterocycles. The number of aliphatic carboxylic acids is 1. The second-order valence-electron chi connectivity index (χ2n) is 12.7. The summed E-state index contributed by atoms with van der Waals surface area (Å²) >= 11 is 0. The molecule has 43 heavy (non-hydrogen) atoms. The van der Waals surface area contributed by atoms with Crippen LogP contribution < -0.4 is 0 Å². The highest BCUT2D eigenvalue weighted by Crippen LogP contribution is 2.43. The third kappa shape index (κ3) is 11.6. The predicted molar refractivity (Wildman–Crippen MR) is 166 cm³/mol. The van der Waals surface area contributed by atoms with E-state index < -0.39 is 48.4 Å². The summed E-state index contributed by atoms with van der Waals surface area (Å²) in [6.07, 6.45) is 8.34. The molecule has 1 unspecified atom stereocenters. The quantitative estimate of drug-likeness (QED) is 0.0723. The topological polar surface area (TPSA) is 162 Å². The van der Waals surface area contributed by atoms with E-state index in [9.17, 15) is 34.8 Å². The Kier molecular flexibility index (Phi) is 16.6. The van der Waals surface area contributed by atoms with Gasteiger partial charge in [-0.1, -0.05) is 89.9 Å². The first-order valence-electron chi connectivity index (χ1n) is 15.8. The number of Topliss-reactive ketones (excluding diaryl/α,β-unsaturated/α-hetero) is 1. The molecule has 0 bridgehead atoms. The van der Waals surface area contributed by atoms with Crippen LogP contribution in [0, 0.1) is 17.3 Å². The number of aliphatic hydroxyl groups is 4. The van der Waals surface area contributed by atoms with Gasteiger partial charge >= 0.3 is 11.9 Å². The standard InChI is InChI=1S/C34H56O9/c1-8-9-10-11-12-13-14-15-16-21(2)28(36)23(4)17-22(3)26-19-34(7,31(39)25(26)6)18-24(5)33(42)43-27(20-35)29(37)30(38)32(40)41/h17-18,21,23,27-30,35-38H,8-16,19-20H2,1-7H3,(H,40,41)/b22-17+,24-18+/t21-,23-,27+,28+,29+,30-,34?/m0/s1. The largest absolute Gasteiger partial charge is 0.479 e. The molecule has 0 aromatic heterocycles. The van der Waals surface area contributed by atoms with Crippen LogP contribution in [0.25, 0.3) is 0 Å². The van der Waals surface area contributed by atoms with E-state index in [2.05, 4.69) is 13.8 Å². The SMILES string of the molecule is CCCCCCCCCC[C@H](C)[C@@H](O)[C@@H](C)/C=C(\C)C1=C(C)C(=O)C(C)(/C=C(\C)C(=O)O[C@H](CO)[C@@H](O)[C@H](O)C(=O)O)C1. The van der Waals surface area contributed by atoms with Gasteiger partial charge in [-0.2, -0.15) is 0 Å². The van der Waals surface area contributed by atoms with Crippen molar-refractivity contribution in [3.63, 3.8) is 0 Å². The minimum absolute atomic E-state index is 0.0422. The van der Waals surface area contributed by atoms with E-state index in [1.54, 1.807) is 13.8 Å². The number of carbonyl (C=O) groups is 3. The number of allylic oxidation sites excluding steroid dienone is 4. The maximum absolute atomic E-state index is 13.3. The van der Waals surface area contributed by atoms with Gasteiger partial charge in [-0.15, -0.1) is 0 Å². The molecular weight excluding hydrogens is 552 g/mol. The Bertz CT molecular complexity index is 1030. The van der Waals surface area contributed by atoms with Gasteiger partial charge in [-0.25, -0.2) is 9.59 Å². The molecule has 0 amide bonds. The lowest BCUT2D eigenvalue weighted by atomic mass is 9.82. The van der Waals surface area contributed by atoms with Crippen LogP contribution in [0.2, 0.25) is 0 Å². The summed E-state index contributed by atoms with van der Waals surface area (Å²) in [4.78, 5) is 36.9. The summed E-state index contributed by atoms with van der Waals surface area (Å²) in [5, 5.41) is 48.8. The van der Waals surface area contributed by atoms with Gasteiger partial charge in [0.15, 0.2) is 18.0 Å². The average Bonchev–Trinajstić information content (AvgIpc) is 3.19. The highest BCUT2D eigenvalue weighted by molar-refractivity contribution is 6.05. The number of aliphatic hydroxyl groups excluding tert-OH is 4. The smallest absolute Gasteiger partial charge is 0.335 e. The van der Waals surface area contributed by atoms with E-state index in [0.717, 1.165) is 24.0 Å². The molecule has 246 valence electrons. The van der Waals surface area contributed by atoms with Crippen molar-refractivity contribution in [1.29, 1.82) is 0 Å². The summed E-state index contributed by atoms with van der Waals surface area (Å²) in [5.41, 5.74) is 1.33. The van der Waals surface area contributed by atoms with Crippen molar-refractivity contribution in [3.05, 3.63) is 34.4 Å². The number of hydrogen-bond donors (Lipinski definition) is 5. The molecule has 1 aliphatic rings. The minimum atomic E-state index is -2.25. The zero-order chi connectivity index (χ0) is 32.9. The number of carboxylic acids is 1. The van der Waals surface area contributed by atoms with E-state index >= 15 is 0 Å². The van der Waals surface area contributed by atoms with E-state index in [1.807, 2.05) is 19.9 Å². The first-order chi connectivity index (χ1) is 20.1. The second-order valence-corrected chi connectivity index (χ2v) is 12.7. The zero-order valence-electron chi connectivity index (χ0n) is 27.3. The van der Waals surface area contributed by atoms with E-state index in [1.165, 1.54) is 57.9 Å². The van der Waals surface area contributed by atoms with Crippen LogP contribution in [0.3, 0.4) is 0 Å². The van der Waals surface area contributed by atoms with Gasteiger partial charge < -0.3 is 30.3 Å². The van der Waals surface area contributed by atoms with Crippen molar-refractivity contribution in [1.82, 2.24) is 0 Å². The summed E-state index contributed by atoms with van der Waals surface area (Å²) < 4.78 is 5.05. The number of carbonyl (C=O) groups excluding carboxylic acids is 2. The molecule has 0 spiro atoms. The molecule has 7 atom stereocenters. The van der Waals surface area contributed by atoms with E-state index in [0.29, 0.717) is 12.0 Å².